The molecule has 1 aromatic carbocycles. The van der Waals surface area contributed by atoms with Crippen LogP contribution in [0.15, 0.2) is 54.1 Å². The molecule has 1 aromatic rings. The first-order chi connectivity index (χ1) is 15.6. The second kappa shape index (κ2) is 10.9. The Labute approximate surface area is 202 Å². The fourth-order valence-electron chi connectivity index (χ4n) is 6.76. The van der Waals surface area contributed by atoms with E-state index in [4.69, 9.17) is 4.74 Å². The summed E-state index contributed by atoms with van der Waals surface area (Å²) in [5.41, 5.74) is 4.56. The highest BCUT2D eigenvalue weighted by Gasteiger charge is 2.52. The highest BCUT2D eigenvalue weighted by Crippen LogP contribution is 2.61. The number of allylic oxidation sites excluding steroid dienone is 3. The number of rotatable bonds is 8. The Morgan fingerprint density at radius 2 is 1.97 bits per heavy atom. The Kier molecular flexibility index (Phi) is 8.48. The maximum absolute atomic E-state index is 12.1. The first-order valence-corrected chi connectivity index (χ1v) is 13.0. The highest BCUT2D eigenvalue weighted by molar-refractivity contribution is 5.84. The van der Waals surface area contributed by atoms with E-state index < -0.39 is 0 Å². The van der Waals surface area contributed by atoms with E-state index >= 15 is 0 Å². The quantitative estimate of drug-likeness (QED) is 0.401. The van der Waals surface area contributed by atoms with Crippen LogP contribution in [0.3, 0.4) is 0 Å². The lowest BCUT2D eigenvalue weighted by Gasteiger charge is -2.58. The summed E-state index contributed by atoms with van der Waals surface area (Å²) in [5.74, 6) is 1.46. The Bertz CT molecular complexity index is 840. The van der Waals surface area contributed by atoms with Crippen LogP contribution in [-0.2, 0) is 4.74 Å². The SMILES string of the molecule is C=C1CC[C@H]2C(C)(C)CCC[C@@]2(C)[C@@H]1CC/C(C)=C/CC[C@@H](C)OC(=O)Nc1ccccc1. The lowest BCUT2D eigenvalue weighted by molar-refractivity contribution is -0.0539. The molecular weight excluding hydrogens is 406 g/mol. The molecule has 1 amide bonds. The normalized spacial score (nSPS) is 28.0. The van der Waals surface area contributed by atoms with Crippen molar-refractivity contribution in [2.75, 3.05) is 5.32 Å². The van der Waals surface area contributed by atoms with E-state index in [1.165, 1.54) is 49.7 Å². The third-order valence-corrected chi connectivity index (χ3v) is 8.54. The average Bonchev–Trinajstić information content (AvgIpc) is 2.73. The second-order valence-electron chi connectivity index (χ2n) is 11.5. The Hall–Kier alpha value is -2.03. The fraction of sp³-hybridized carbons (Fsp3) is 0.633. The zero-order chi connectivity index (χ0) is 24.1. The number of hydrogen-bond donors (Lipinski definition) is 1. The van der Waals surface area contributed by atoms with E-state index in [-0.39, 0.29) is 12.2 Å². The van der Waals surface area contributed by atoms with Crippen molar-refractivity contribution in [2.45, 2.75) is 98.5 Å². The van der Waals surface area contributed by atoms with Gasteiger partial charge in [-0.15, -0.1) is 0 Å². The maximum Gasteiger partial charge on any atom is 0.411 e. The molecule has 0 saturated heterocycles. The maximum atomic E-state index is 12.1. The van der Waals surface area contributed by atoms with Crippen LogP contribution in [0.2, 0.25) is 0 Å². The van der Waals surface area contributed by atoms with Gasteiger partial charge < -0.3 is 4.74 Å². The standard InChI is InChI=1S/C30H45NO2/c1-22(12-10-13-24(3)33-28(32)31-25-14-8-7-9-15-25)16-18-26-23(2)17-19-27-29(4,5)20-11-21-30(26,27)6/h7-9,12,14-15,24,26-27H,2,10-11,13,16-21H2,1,3-6H3,(H,31,32)/b22-12+/t24-,26-,27+,30+/m1/s1. The molecule has 4 atom stereocenters. The van der Waals surface area contributed by atoms with Crippen molar-refractivity contribution in [3.8, 4) is 0 Å². The van der Waals surface area contributed by atoms with E-state index in [0.717, 1.165) is 30.9 Å². The van der Waals surface area contributed by atoms with Gasteiger partial charge in [0.2, 0.25) is 0 Å². The summed E-state index contributed by atoms with van der Waals surface area (Å²) < 4.78 is 5.51. The molecule has 2 saturated carbocycles. The molecule has 2 aliphatic carbocycles. The molecule has 3 heteroatoms. The summed E-state index contributed by atoms with van der Waals surface area (Å²) >= 11 is 0. The monoisotopic (exact) mass is 451 g/mol. The van der Waals surface area contributed by atoms with Gasteiger partial charge in [-0.3, -0.25) is 5.32 Å². The van der Waals surface area contributed by atoms with Crippen LogP contribution >= 0.6 is 0 Å². The van der Waals surface area contributed by atoms with E-state index in [2.05, 4.69) is 45.7 Å². The van der Waals surface area contributed by atoms with Crippen LogP contribution in [0, 0.1) is 22.7 Å². The van der Waals surface area contributed by atoms with Crippen LogP contribution in [0.5, 0.6) is 0 Å². The Morgan fingerprint density at radius 1 is 1.24 bits per heavy atom. The van der Waals surface area contributed by atoms with Crippen LogP contribution in [-0.4, -0.2) is 12.2 Å². The molecule has 1 N–H and O–H groups in total. The number of ether oxygens (including phenoxy) is 1. The van der Waals surface area contributed by atoms with Crippen LogP contribution in [0.4, 0.5) is 10.5 Å². The third kappa shape index (κ3) is 6.52. The minimum absolute atomic E-state index is 0.111. The highest BCUT2D eigenvalue weighted by atomic mass is 16.6. The molecule has 182 valence electrons. The molecule has 0 heterocycles. The van der Waals surface area contributed by atoms with Gasteiger partial charge in [0.15, 0.2) is 0 Å². The van der Waals surface area contributed by atoms with Crippen molar-refractivity contribution in [1.29, 1.82) is 0 Å². The Balaban J connectivity index is 1.45. The minimum Gasteiger partial charge on any atom is -0.446 e. The number of carbonyl (C=O) groups excluding carboxylic acids is 1. The van der Waals surface area contributed by atoms with Gasteiger partial charge in [-0.1, -0.05) is 69.2 Å². The van der Waals surface area contributed by atoms with Crippen LogP contribution in [0.25, 0.3) is 0 Å². The predicted octanol–water partition coefficient (Wildman–Crippen LogP) is 8.93. The van der Waals surface area contributed by atoms with E-state index in [9.17, 15) is 4.79 Å². The minimum atomic E-state index is -0.386. The number of fused-ring (bicyclic) bond motifs is 1. The van der Waals surface area contributed by atoms with Crippen molar-refractivity contribution in [3.63, 3.8) is 0 Å². The van der Waals surface area contributed by atoms with Gasteiger partial charge in [0.05, 0.1) is 0 Å². The topological polar surface area (TPSA) is 38.3 Å². The van der Waals surface area contributed by atoms with E-state index in [1.54, 1.807) is 0 Å². The van der Waals surface area contributed by atoms with Crippen molar-refractivity contribution in [3.05, 3.63) is 54.1 Å². The molecule has 3 nitrogen and oxygen atoms in total. The van der Waals surface area contributed by atoms with Crippen LogP contribution < -0.4 is 5.32 Å². The summed E-state index contributed by atoms with van der Waals surface area (Å²) in [6.45, 7) is 16.3. The molecule has 0 aromatic heterocycles. The van der Waals surface area contributed by atoms with E-state index in [0.29, 0.717) is 16.7 Å². The molecule has 2 fully saturated rings. The number of hydrogen-bond acceptors (Lipinski definition) is 2. The van der Waals surface area contributed by atoms with Crippen molar-refractivity contribution >= 4 is 11.8 Å². The molecule has 0 radical (unpaired) electrons. The molecule has 0 bridgehead atoms. The van der Waals surface area contributed by atoms with Gasteiger partial charge in [-0.25, -0.2) is 4.79 Å². The van der Waals surface area contributed by atoms with E-state index in [1.807, 2.05) is 37.3 Å². The lowest BCUT2D eigenvalue weighted by Crippen LogP contribution is -2.49. The predicted molar refractivity (Wildman–Crippen MR) is 139 cm³/mol. The summed E-state index contributed by atoms with van der Waals surface area (Å²) in [6.07, 6.45) is 12.6. The van der Waals surface area contributed by atoms with Gasteiger partial charge in [0.25, 0.3) is 0 Å². The Morgan fingerprint density at radius 3 is 2.70 bits per heavy atom. The number of nitrogens with one attached hydrogen (secondary N) is 1. The molecular formula is C30H45NO2. The van der Waals surface area contributed by atoms with Crippen molar-refractivity contribution in [1.82, 2.24) is 0 Å². The first kappa shape index (κ1) is 25.6. The zero-order valence-corrected chi connectivity index (χ0v) is 21.6. The molecule has 3 rings (SSSR count). The number of anilines is 1. The summed E-state index contributed by atoms with van der Waals surface area (Å²) in [6, 6.07) is 9.42. The average molecular weight is 452 g/mol. The number of benzene rings is 1. The second-order valence-corrected chi connectivity index (χ2v) is 11.5. The molecule has 0 spiro atoms. The number of carbonyl (C=O) groups is 1. The summed E-state index contributed by atoms with van der Waals surface area (Å²) in [7, 11) is 0. The summed E-state index contributed by atoms with van der Waals surface area (Å²) in [5, 5.41) is 2.78. The molecule has 33 heavy (non-hydrogen) atoms. The zero-order valence-electron chi connectivity index (χ0n) is 21.6. The largest absolute Gasteiger partial charge is 0.446 e. The van der Waals surface area contributed by atoms with Gasteiger partial charge in [0.1, 0.15) is 6.10 Å². The van der Waals surface area contributed by atoms with Gasteiger partial charge in [-0.2, -0.15) is 0 Å². The molecule has 2 aliphatic rings. The smallest absolute Gasteiger partial charge is 0.411 e. The van der Waals surface area contributed by atoms with Crippen molar-refractivity contribution in [2.24, 2.45) is 22.7 Å². The lowest BCUT2D eigenvalue weighted by atomic mass is 9.47. The van der Waals surface area contributed by atoms with Crippen LogP contribution in [0.1, 0.15) is 92.4 Å². The third-order valence-electron chi connectivity index (χ3n) is 8.54. The van der Waals surface area contributed by atoms with Gasteiger partial charge in [-0.05, 0) is 100 Å². The number of para-hydroxylation sites is 1. The van der Waals surface area contributed by atoms with Gasteiger partial charge in [0, 0.05) is 5.69 Å². The number of amides is 1. The fourth-order valence-corrected chi connectivity index (χ4v) is 6.76. The van der Waals surface area contributed by atoms with Crippen molar-refractivity contribution < 1.29 is 9.53 Å². The summed E-state index contributed by atoms with van der Waals surface area (Å²) in [4.78, 5) is 12.1. The molecule has 0 aliphatic heterocycles. The first-order valence-electron chi connectivity index (χ1n) is 13.0. The molecule has 0 unspecified atom stereocenters. The van der Waals surface area contributed by atoms with Gasteiger partial charge >= 0.3 is 6.09 Å².